The van der Waals surface area contributed by atoms with Gasteiger partial charge in [-0.05, 0) is 29.2 Å². The van der Waals surface area contributed by atoms with Crippen LogP contribution in [-0.2, 0) is 16.3 Å². The number of allylic oxidation sites excluding steroid dienone is 5. The number of sulfone groups is 1. The van der Waals surface area contributed by atoms with Gasteiger partial charge >= 0.3 is 0 Å². The number of fused-ring (bicyclic) bond motifs is 1. The van der Waals surface area contributed by atoms with E-state index in [4.69, 9.17) is 0 Å². The van der Waals surface area contributed by atoms with Gasteiger partial charge in [-0.1, -0.05) is 57.2 Å². The van der Waals surface area contributed by atoms with Crippen LogP contribution in [0.4, 0.5) is 0 Å². The number of rotatable bonds is 0. The molecular weight excluding hydrogens is 268 g/mol. The maximum atomic E-state index is 12.6. The van der Waals surface area contributed by atoms with Gasteiger partial charge in [-0.25, -0.2) is 8.42 Å². The second-order valence-electron chi connectivity index (χ2n) is 4.75. The van der Waals surface area contributed by atoms with Gasteiger partial charge in [-0.3, -0.25) is 0 Å². The normalized spacial score (nSPS) is 22.2. The summed E-state index contributed by atoms with van der Waals surface area (Å²) in [5, 5.41) is 0. The molecule has 20 heavy (non-hydrogen) atoms. The van der Waals surface area contributed by atoms with Gasteiger partial charge in [0.25, 0.3) is 0 Å². The van der Waals surface area contributed by atoms with E-state index < -0.39 is 9.84 Å². The maximum absolute atomic E-state index is 12.6. The average Bonchev–Trinajstić information content (AvgIpc) is 2.64. The number of benzene rings is 1. The van der Waals surface area contributed by atoms with E-state index in [1.807, 2.05) is 51.1 Å². The fraction of sp³-hybridized carbons (Fsp3) is 0.294. The molecule has 0 bridgehead atoms. The molecule has 0 fully saturated rings. The Balaban J connectivity index is 0.000000704. The van der Waals surface area contributed by atoms with Crippen LogP contribution in [0.15, 0.2) is 63.9 Å². The highest BCUT2D eigenvalue weighted by atomic mass is 32.2. The van der Waals surface area contributed by atoms with Crippen LogP contribution in [0, 0.1) is 5.92 Å². The molecule has 106 valence electrons. The van der Waals surface area contributed by atoms with Gasteiger partial charge in [-0.15, -0.1) is 0 Å². The van der Waals surface area contributed by atoms with Crippen molar-refractivity contribution >= 4 is 9.84 Å². The molecule has 0 N–H and O–H groups in total. The summed E-state index contributed by atoms with van der Waals surface area (Å²) in [6, 6.07) is 7.25. The Labute approximate surface area is 121 Å². The Morgan fingerprint density at radius 1 is 1.05 bits per heavy atom. The molecule has 0 amide bonds. The van der Waals surface area contributed by atoms with Gasteiger partial charge in [-0.2, -0.15) is 0 Å². The molecule has 1 aromatic rings. The maximum Gasteiger partial charge on any atom is 0.207 e. The summed E-state index contributed by atoms with van der Waals surface area (Å²) in [6.45, 7) is 6.05. The first-order valence-corrected chi connectivity index (χ1v) is 8.50. The molecule has 2 nitrogen and oxygen atoms in total. The Hall–Kier alpha value is -1.61. The van der Waals surface area contributed by atoms with Crippen LogP contribution < -0.4 is 0 Å². The summed E-state index contributed by atoms with van der Waals surface area (Å²) in [5.74, 6) is 0.272. The summed E-state index contributed by atoms with van der Waals surface area (Å²) in [4.78, 5) is 0.915. The standard InChI is InChI=1S/C15H14O2S.C2H6/c1-11-6-8-13-10-12-4-2-3-5-14(12)18(16,17)15(13)9-7-11;1-2/h2-9,11H,10H2,1H3;1-2H3. The molecule has 0 saturated heterocycles. The summed E-state index contributed by atoms with van der Waals surface area (Å²) >= 11 is 0. The largest absolute Gasteiger partial charge is 0.218 e. The minimum absolute atomic E-state index is 0.272. The molecule has 0 saturated carbocycles. The quantitative estimate of drug-likeness (QED) is 0.721. The predicted molar refractivity (Wildman–Crippen MR) is 83.1 cm³/mol. The SMILES string of the molecule is CC.CC1C=CC2=C(C=C1)S(=O)(=O)c1ccccc1C2. The van der Waals surface area contributed by atoms with Crippen molar-refractivity contribution in [1.29, 1.82) is 0 Å². The topological polar surface area (TPSA) is 34.1 Å². The van der Waals surface area contributed by atoms with Gasteiger partial charge < -0.3 is 0 Å². The van der Waals surface area contributed by atoms with E-state index in [1.54, 1.807) is 18.2 Å². The lowest BCUT2D eigenvalue weighted by atomic mass is 10.0. The van der Waals surface area contributed by atoms with E-state index in [0.717, 1.165) is 11.1 Å². The van der Waals surface area contributed by atoms with Crippen LogP contribution in [0.25, 0.3) is 0 Å². The van der Waals surface area contributed by atoms with Crippen LogP contribution in [-0.4, -0.2) is 8.42 Å². The summed E-state index contributed by atoms with van der Waals surface area (Å²) in [6.07, 6.45) is 8.38. The number of hydrogen-bond donors (Lipinski definition) is 0. The lowest BCUT2D eigenvalue weighted by molar-refractivity contribution is 0.600. The minimum atomic E-state index is -3.35. The Morgan fingerprint density at radius 2 is 1.70 bits per heavy atom. The van der Waals surface area contributed by atoms with Crippen LogP contribution in [0.1, 0.15) is 26.3 Å². The summed E-state index contributed by atoms with van der Waals surface area (Å²) in [7, 11) is -3.35. The van der Waals surface area contributed by atoms with Crippen molar-refractivity contribution < 1.29 is 8.42 Å². The Bertz CT molecular complexity index is 691. The first kappa shape index (κ1) is 14.8. The van der Waals surface area contributed by atoms with Gasteiger partial charge in [0.2, 0.25) is 9.84 Å². The monoisotopic (exact) mass is 288 g/mol. The van der Waals surface area contributed by atoms with E-state index in [2.05, 4.69) is 0 Å². The van der Waals surface area contributed by atoms with Crippen molar-refractivity contribution in [3.05, 3.63) is 64.6 Å². The van der Waals surface area contributed by atoms with Crippen LogP contribution in [0.5, 0.6) is 0 Å². The zero-order chi connectivity index (χ0) is 14.8. The zero-order valence-electron chi connectivity index (χ0n) is 12.1. The molecule has 1 aliphatic carbocycles. The van der Waals surface area contributed by atoms with E-state index in [-0.39, 0.29) is 5.92 Å². The van der Waals surface area contributed by atoms with E-state index in [0.29, 0.717) is 16.2 Å². The molecule has 1 atom stereocenters. The molecule has 3 rings (SSSR count). The van der Waals surface area contributed by atoms with Crippen molar-refractivity contribution in [2.75, 3.05) is 0 Å². The molecule has 1 unspecified atom stereocenters. The first-order chi connectivity index (χ1) is 9.59. The Morgan fingerprint density at radius 3 is 2.45 bits per heavy atom. The predicted octanol–water partition coefficient (Wildman–Crippen LogP) is 4.06. The lowest BCUT2D eigenvalue weighted by Gasteiger charge is -2.19. The summed E-state index contributed by atoms with van der Waals surface area (Å²) in [5.41, 5.74) is 1.79. The molecular formula is C17H20O2S. The van der Waals surface area contributed by atoms with Crippen molar-refractivity contribution in [2.24, 2.45) is 5.92 Å². The van der Waals surface area contributed by atoms with Crippen molar-refractivity contribution in [3.8, 4) is 0 Å². The van der Waals surface area contributed by atoms with E-state index in [1.165, 1.54) is 0 Å². The van der Waals surface area contributed by atoms with Gasteiger partial charge in [0.05, 0.1) is 9.80 Å². The third kappa shape index (κ3) is 2.50. The highest BCUT2D eigenvalue weighted by molar-refractivity contribution is 7.95. The lowest BCUT2D eigenvalue weighted by Crippen LogP contribution is -2.14. The van der Waals surface area contributed by atoms with Crippen LogP contribution in [0.3, 0.4) is 0 Å². The second kappa shape index (κ2) is 5.80. The number of hydrogen-bond acceptors (Lipinski definition) is 2. The van der Waals surface area contributed by atoms with Gasteiger partial charge in [0.1, 0.15) is 0 Å². The highest BCUT2D eigenvalue weighted by Gasteiger charge is 2.29. The molecule has 0 spiro atoms. The smallest absolute Gasteiger partial charge is 0.207 e. The third-order valence-electron chi connectivity index (χ3n) is 3.40. The fourth-order valence-electron chi connectivity index (χ4n) is 2.40. The van der Waals surface area contributed by atoms with Crippen molar-refractivity contribution in [2.45, 2.75) is 32.1 Å². The van der Waals surface area contributed by atoms with Crippen LogP contribution >= 0.6 is 0 Å². The van der Waals surface area contributed by atoms with Gasteiger partial charge in [0, 0.05) is 6.42 Å². The third-order valence-corrected chi connectivity index (χ3v) is 5.36. The van der Waals surface area contributed by atoms with Gasteiger partial charge in [0.15, 0.2) is 0 Å². The Kier molecular flexibility index (Phi) is 4.29. The van der Waals surface area contributed by atoms with Crippen molar-refractivity contribution in [3.63, 3.8) is 0 Å². The first-order valence-electron chi connectivity index (χ1n) is 7.01. The molecule has 2 aliphatic rings. The second-order valence-corrected chi connectivity index (χ2v) is 6.64. The molecule has 0 aromatic heterocycles. The summed E-state index contributed by atoms with van der Waals surface area (Å²) < 4.78 is 25.1. The van der Waals surface area contributed by atoms with Crippen LogP contribution in [0.2, 0.25) is 0 Å². The average molecular weight is 288 g/mol. The van der Waals surface area contributed by atoms with E-state index in [9.17, 15) is 8.42 Å². The molecule has 1 aromatic carbocycles. The molecule has 1 aliphatic heterocycles. The zero-order valence-corrected chi connectivity index (χ0v) is 12.9. The molecule has 3 heteroatoms. The minimum Gasteiger partial charge on any atom is -0.218 e. The van der Waals surface area contributed by atoms with Crippen molar-refractivity contribution in [1.82, 2.24) is 0 Å². The highest BCUT2D eigenvalue weighted by Crippen LogP contribution is 2.35. The molecule has 1 heterocycles. The molecule has 0 radical (unpaired) electrons. The fourth-order valence-corrected chi connectivity index (χ4v) is 4.13. The van der Waals surface area contributed by atoms with E-state index >= 15 is 0 Å².